The number of methoxy groups -OCH3 is 1. The quantitative estimate of drug-likeness (QED) is 0.724. The fourth-order valence-electron chi connectivity index (χ4n) is 2.45. The molecule has 7 nitrogen and oxygen atoms in total. The standard InChI is InChI=1S/C19H17FN4O3/c1-12(25)21-16-7-6-15(27-2)11-18(16)22-19(26)17-8-9-24(23-17)14-5-3-4-13(20)10-14/h3-11H,1-2H3,(H,21,25)(H,22,26). The van der Waals surface area contributed by atoms with Crippen LogP contribution in [0, 0.1) is 5.82 Å². The molecule has 3 rings (SSSR count). The number of hydrogen-bond acceptors (Lipinski definition) is 4. The normalized spacial score (nSPS) is 10.3. The molecule has 2 N–H and O–H groups in total. The van der Waals surface area contributed by atoms with Crippen molar-refractivity contribution in [2.45, 2.75) is 6.92 Å². The molecule has 2 aromatic carbocycles. The van der Waals surface area contributed by atoms with Crippen LogP contribution in [0.4, 0.5) is 15.8 Å². The van der Waals surface area contributed by atoms with E-state index in [9.17, 15) is 14.0 Å². The van der Waals surface area contributed by atoms with E-state index >= 15 is 0 Å². The molecule has 0 aliphatic carbocycles. The number of benzene rings is 2. The predicted octanol–water partition coefficient (Wildman–Crippen LogP) is 3.23. The van der Waals surface area contributed by atoms with Gasteiger partial charge in [0.1, 0.15) is 11.6 Å². The van der Waals surface area contributed by atoms with Gasteiger partial charge < -0.3 is 15.4 Å². The Kier molecular flexibility index (Phi) is 5.16. The third-order valence-electron chi connectivity index (χ3n) is 3.68. The van der Waals surface area contributed by atoms with Crippen LogP contribution in [0.2, 0.25) is 0 Å². The van der Waals surface area contributed by atoms with Crippen molar-refractivity contribution < 1.29 is 18.7 Å². The highest BCUT2D eigenvalue weighted by Crippen LogP contribution is 2.27. The maximum absolute atomic E-state index is 13.4. The van der Waals surface area contributed by atoms with E-state index in [0.717, 1.165) is 0 Å². The van der Waals surface area contributed by atoms with Crippen molar-refractivity contribution in [2.24, 2.45) is 0 Å². The van der Waals surface area contributed by atoms with Crippen molar-refractivity contribution in [3.05, 3.63) is 66.2 Å². The summed E-state index contributed by atoms with van der Waals surface area (Å²) in [4.78, 5) is 23.9. The molecule has 3 aromatic rings. The van der Waals surface area contributed by atoms with E-state index in [-0.39, 0.29) is 11.6 Å². The minimum atomic E-state index is -0.481. The lowest BCUT2D eigenvalue weighted by molar-refractivity contribution is -0.114. The first kappa shape index (κ1) is 18.1. The summed E-state index contributed by atoms with van der Waals surface area (Å²) in [6.45, 7) is 1.37. The minimum absolute atomic E-state index is 0.135. The van der Waals surface area contributed by atoms with E-state index in [0.29, 0.717) is 22.8 Å². The Morgan fingerprint density at radius 3 is 2.59 bits per heavy atom. The number of halogens is 1. The van der Waals surface area contributed by atoms with Crippen LogP contribution in [-0.4, -0.2) is 28.7 Å². The van der Waals surface area contributed by atoms with E-state index in [1.807, 2.05) is 0 Å². The zero-order valence-electron chi connectivity index (χ0n) is 14.7. The average Bonchev–Trinajstić information content (AvgIpc) is 3.13. The van der Waals surface area contributed by atoms with Gasteiger partial charge in [0.2, 0.25) is 5.91 Å². The van der Waals surface area contributed by atoms with Gasteiger partial charge in [-0.15, -0.1) is 0 Å². The van der Waals surface area contributed by atoms with Gasteiger partial charge in [-0.25, -0.2) is 9.07 Å². The molecular weight excluding hydrogens is 351 g/mol. The predicted molar refractivity (Wildman–Crippen MR) is 98.8 cm³/mol. The molecule has 0 saturated heterocycles. The zero-order chi connectivity index (χ0) is 19.4. The maximum atomic E-state index is 13.4. The molecule has 0 spiro atoms. The Bertz CT molecular complexity index is 1000. The number of rotatable bonds is 5. The summed E-state index contributed by atoms with van der Waals surface area (Å²) >= 11 is 0. The van der Waals surface area contributed by atoms with Crippen molar-refractivity contribution in [3.63, 3.8) is 0 Å². The van der Waals surface area contributed by atoms with Crippen molar-refractivity contribution in [2.75, 3.05) is 17.7 Å². The molecule has 27 heavy (non-hydrogen) atoms. The number of amides is 2. The third-order valence-corrected chi connectivity index (χ3v) is 3.68. The first-order valence-corrected chi connectivity index (χ1v) is 8.05. The summed E-state index contributed by atoms with van der Waals surface area (Å²) in [5.74, 6) is -0.633. The molecule has 0 aliphatic heterocycles. The summed E-state index contributed by atoms with van der Waals surface area (Å²) in [6.07, 6.45) is 1.56. The minimum Gasteiger partial charge on any atom is -0.497 e. The van der Waals surface area contributed by atoms with E-state index in [1.54, 1.807) is 36.5 Å². The first-order chi connectivity index (χ1) is 13.0. The van der Waals surface area contributed by atoms with Crippen LogP contribution < -0.4 is 15.4 Å². The Balaban J connectivity index is 1.84. The number of ether oxygens (including phenoxy) is 1. The molecule has 8 heteroatoms. The highest BCUT2D eigenvalue weighted by molar-refractivity contribution is 6.06. The second kappa shape index (κ2) is 7.69. The largest absolute Gasteiger partial charge is 0.497 e. The number of hydrogen-bond donors (Lipinski definition) is 2. The summed E-state index contributed by atoms with van der Waals surface area (Å²) in [5, 5.41) is 9.51. The smallest absolute Gasteiger partial charge is 0.276 e. The monoisotopic (exact) mass is 368 g/mol. The van der Waals surface area contributed by atoms with Gasteiger partial charge in [0, 0.05) is 19.2 Å². The summed E-state index contributed by atoms with van der Waals surface area (Å²) < 4.78 is 19.9. The van der Waals surface area contributed by atoms with E-state index < -0.39 is 11.7 Å². The Morgan fingerprint density at radius 1 is 1.07 bits per heavy atom. The Morgan fingerprint density at radius 2 is 1.89 bits per heavy atom. The number of nitrogens with zero attached hydrogens (tertiary/aromatic N) is 2. The molecule has 1 aromatic heterocycles. The van der Waals surface area contributed by atoms with Crippen LogP contribution in [0.5, 0.6) is 5.75 Å². The summed E-state index contributed by atoms with van der Waals surface area (Å²) in [5.41, 5.74) is 1.43. The van der Waals surface area contributed by atoms with Crippen LogP contribution >= 0.6 is 0 Å². The van der Waals surface area contributed by atoms with Gasteiger partial charge in [-0.05, 0) is 36.4 Å². The molecule has 2 amide bonds. The molecule has 0 aliphatic rings. The summed E-state index contributed by atoms with van der Waals surface area (Å²) in [7, 11) is 1.50. The van der Waals surface area contributed by atoms with E-state index in [1.165, 1.54) is 36.9 Å². The van der Waals surface area contributed by atoms with Crippen LogP contribution in [0.25, 0.3) is 5.69 Å². The molecule has 138 valence electrons. The molecule has 1 heterocycles. The van der Waals surface area contributed by atoms with Gasteiger partial charge in [-0.2, -0.15) is 5.10 Å². The average molecular weight is 368 g/mol. The molecule has 0 bridgehead atoms. The van der Waals surface area contributed by atoms with Gasteiger partial charge in [-0.1, -0.05) is 6.07 Å². The molecule has 0 fully saturated rings. The van der Waals surface area contributed by atoms with Crippen LogP contribution in [-0.2, 0) is 4.79 Å². The van der Waals surface area contributed by atoms with Crippen LogP contribution in [0.3, 0.4) is 0 Å². The highest BCUT2D eigenvalue weighted by atomic mass is 19.1. The fourth-order valence-corrected chi connectivity index (χ4v) is 2.45. The lowest BCUT2D eigenvalue weighted by atomic mass is 10.2. The van der Waals surface area contributed by atoms with Gasteiger partial charge in [0.25, 0.3) is 5.91 Å². The third kappa shape index (κ3) is 4.30. The van der Waals surface area contributed by atoms with Crippen molar-refractivity contribution in [1.82, 2.24) is 9.78 Å². The molecule has 0 unspecified atom stereocenters. The van der Waals surface area contributed by atoms with Crippen molar-refractivity contribution >= 4 is 23.2 Å². The number of carbonyl (C=O) groups excluding carboxylic acids is 2. The SMILES string of the molecule is COc1ccc(NC(C)=O)c(NC(=O)c2ccn(-c3cccc(F)c3)n2)c1. The van der Waals surface area contributed by atoms with Crippen LogP contribution in [0.1, 0.15) is 17.4 Å². The number of carbonyl (C=O) groups is 2. The second-order valence-electron chi connectivity index (χ2n) is 5.67. The van der Waals surface area contributed by atoms with E-state index in [2.05, 4.69) is 15.7 Å². The Hall–Kier alpha value is -3.68. The topological polar surface area (TPSA) is 85.3 Å². The molecule has 0 radical (unpaired) electrons. The molecule has 0 atom stereocenters. The molecule has 0 saturated carbocycles. The van der Waals surface area contributed by atoms with Gasteiger partial charge in [0.05, 0.1) is 24.2 Å². The van der Waals surface area contributed by atoms with E-state index in [4.69, 9.17) is 4.74 Å². The number of nitrogens with one attached hydrogen (secondary N) is 2. The van der Waals surface area contributed by atoms with Gasteiger partial charge in [-0.3, -0.25) is 9.59 Å². The first-order valence-electron chi connectivity index (χ1n) is 8.05. The lowest BCUT2D eigenvalue weighted by Gasteiger charge is -2.12. The maximum Gasteiger partial charge on any atom is 0.276 e. The van der Waals surface area contributed by atoms with Gasteiger partial charge in [0.15, 0.2) is 5.69 Å². The summed E-state index contributed by atoms with van der Waals surface area (Å²) in [6, 6.07) is 12.3. The van der Waals surface area contributed by atoms with Crippen molar-refractivity contribution in [3.8, 4) is 11.4 Å². The fraction of sp³-hybridized carbons (Fsp3) is 0.105. The number of aromatic nitrogens is 2. The van der Waals surface area contributed by atoms with Gasteiger partial charge >= 0.3 is 0 Å². The highest BCUT2D eigenvalue weighted by Gasteiger charge is 2.14. The second-order valence-corrected chi connectivity index (χ2v) is 5.67. The zero-order valence-corrected chi connectivity index (χ0v) is 14.7. The lowest BCUT2D eigenvalue weighted by Crippen LogP contribution is -2.16. The molecular formula is C19H17FN4O3. The number of anilines is 2. The van der Waals surface area contributed by atoms with Crippen LogP contribution in [0.15, 0.2) is 54.7 Å². The van der Waals surface area contributed by atoms with Crippen molar-refractivity contribution in [1.29, 1.82) is 0 Å². The Labute approximate surface area is 154 Å².